The van der Waals surface area contributed by atoms with Gasteiger partial charge in [0.15, 0.2) is 0 Å². The molecule has 90 valence electrons. The summed E-state index contributed by atoms with van der Waals surface area (Å²) >= 11 is 0. The van der Waals surface area contributed by atoms with Crippen LogP contribution in [-0.2, 0) is 16.1 Å². The molecule has 0 aliphatic carbocycles. The first-order chi connectivity index (χ1) is 8.33. The maximum atomic E-state index is 10.9. The van der Waals surface area contributed by atoms with Gasteiger partial charge in [-0.05, 0) is 12.5 Å². The number of carbonyl (C=O) groups is 1. The Morgan fingerprint density at radius 3 is 2.82 bits per heavy atom. The van der Waals surface area contributed by atoms with Crippen molar-refractivity contribution in [1.29, 1.82) is 0 Å². The van der Waals surface area contributed by atoms with Crippen LogP contribution in [0.3, 0.4) is 0 Å². The van der Waals surface area contributed by atoms with Crippen molar-refractivity contribution < 1.29 is 9.53 Å². The van der Waals surface area contributed by atoms with Gasteiger partial charge in [0.25, 0.3) is 0 Å². The molecule has 0 bridgehead atoms. The van der Waals surface area contributed by atoms with Crippen LogP contribution in [0.15, 0.2) is 30.3 Å². The van der Waals surface area contributed by atoms with Crippen molar-refractivity contribution in [3.63, 3.8) is 0 Å². The molecule has 0 fully saturated rings. The van der Waals surface area contributed by atoms with Gasteiger partial charge in [-0.25, -0.2) is 4.79 Å². The summed E-state index contributed by atoms with van der Waals surface area (Å²) in [4.78, 5) is 10.9. The predicted octanol–water partition coefficient (Wildman–Crippen LogP) is 1.73. The van der Waals surface area contributed by atoms with Crippen molar-refractivity contribution in [2.75, 3.05) is 13.2 Å². The van der Waals surface area contributed by atoms with Gasteiger partial charge >= 0.3 is 5.97 Å². The molecule has 0 aliphatic rings. The Bertz CT molecular complexity index is 390. The Balaban J connectivity index is 2.11. The van der Waals surface area contributed by atoms with Gasteiger partial charge in [0, 0.05) is 25.4 Å². The summed E-state index contributed by atoms with van der Waals surface area (Å²) in [5, 5.41) is 3.25. The number of hydrogen-bond donors (Lipinski definition) is 1. The van der Waals surface area contributed by atoms with Gasteiger partial charge in [-0.3, -0.25) is 0 Å². The van der Waals surface area contributed by atoms with Crippen LogP contribution in [0.2, 0.25) is 0 Å². The molecule has 1 rings (SSSR count). The maximum absolute atomic E-state index is 10.9. The van der Waals surface area contributed by atoms with Gasteiger partial charge in [0.05, 0.1) is 6.61 Å². The fraction of sp³-hybridized carbons (Fsp3) is 0.357. The highest BCUT2D eigenvalue weighted by atomic mass is 16.5. The minimum absolute atomic E-state index is 0.375. The summed E-state index contributed by atoms with van der Waals surface area (Å²) in [5.41, 5.74) is 1.24. The van der Waals surface area contributed by atoms with E-state index in [9.17, 15) is 4.79 Å². The van der Waals surface area contributed by atoms with Crippen molar-refractivity contribution in [2.45, 2.75) is 19.9 Å². The first-order valence-corrected chi connectivity index (χ1v) is 5.73. The van der Waals surface area contributed by atoms with Crippen molar-refractivity contribution in [1.82, 2.24) is 5.32 Å². The van der Waals surface area contributed by atoms with Gasteiger partial charge in [-0.2, -0.15) is 0 Å². The number of esters is 1. The molecule has 3 heteroatoms. The van der Waals surface area contributed by atoms with Crippen molar-refractivity contribution >= 4 is 5.97 Å². The molecule has 0 unspecified atom stereocenters. The summed E-state index contributed by atoms with van der Waals surface area (Å²) in [7, 11) is 0. The van der Waals surface area contributed by atoms with Gasteiger partial charge in [0.1, 0.15) is 0 Å². The van der Waals surface area contributed by atoms with E-state index in [1.54, 1.807) is 6.92 Å². The highest BCUT2D eigenvalue weighted by Gasteiger charge is 1.92. The molecule has 0 atom stereocenters. The molecule has 0 radical (unpaired) electrons. The summed E-state index contributed by atoms with van der Waals surface area (Å²) in [5.74, 6) is 4.75. The zero-order chi connectivity index (χ0) is 12.3. The molecule has 0 spiro atoms. The van der Waals surface area contributed by atoms with Gasteiger partial charge in [-0.1, -0.05) is 36.3 Å². The van der Waals surface area contributed by atoms with Crippen LogP contribution in [-0.4, -0.2) is 19.1 Å². The predicted molar refractivity (Wildman–Crippen MR) is 67.2 cm³/mol. The molecular formula is C14H17NO2. The van der Waals surface area contributed by atoms with Crippen LogP contribution >= 0.6 is 0 Å². The lowest BCUT2D eigenvalue weighted by Gasteiger charge is -2.01. The Morgan fingerprint density at radius 2 is 2.12 bits per heavy atom. The first-order valence-electron chi connectivity index (χ1n) is 5.73. The van der Waals surface area contributed by atoms with E-state index in [1.165, 1.54) is 5.56 Å². The lowest BCUT2D eigenvalue weighted by Crippen LogP contribution is -2.14. The smallest absolute Gasteiger partial charge is 0.384 e. The van der Waals surface area contributed by atoms with E-state index in [0.29, 0.717) is 13.0 Å². The standard InChI is InChI=1S/C14H17NO2/c1-2-17-14(16)10-6-7-11-15-12-13-8-4-3-5-9-13/h3-5,8-9,15H,2,7,11-12H2,1H3. The second-order valence-corrected chi connectivity index (χ2v) is 3.43. The number of benzene rings is 1. The third kappa shape index (κ3) is 6.39. The van der Waals surface area contributed by atoms with Crippen LogP contribution in [0.5, 0.6) is 0 Å². The molecule has 0 saturated carbocycles. The van der Waals surface area contributed by atoms with Gasteiger partial charge < -0.3 is 10.1 Å². The molecule has 0 aromatic heterocycles. The second-order valence-electron chi connectivity index (χ2n) is 3.43. The third-order valence-electron chi connectivity index (χ3n) is 2.06. The highest BCUT2D eigenvalue weighted by Crippen LogP contribution is 1.96. The van der Waals surface area contributed by atoms with Crippen molar-refractivity contribution in [2.24, 2.45) is 0 Å². The second kappa shape index (κ2) is 8.37. The number of ether oxygens (including phenoxy) is 1. The molecule has 0 aliphatic heterocycles. The quantitative estimate of drug-likeness (QED) is 0.363. The number of rotatable bonds is 5. The van der Waals surface area contributed by atoms with E-state index < -0.39 is 5.97 Å². The Hall–Kier alpha value is -1.79. The van der Waals surface area contributed by atoms with Crippen LogP contribution in [0.25, 0.3) is 0 Å². The van der Waals surface area contributed by atoms with Crippen molar-refractivity contribution in [3.8, 4) is 11.8 Å². The van der Waals surface area contributed by atoms with Crippen LogP contribution < -0.4 is 5.32 Å². The lowest BCUT2D eigenvalue weighted by molar-refractivity contribution is -0.136. The summed E-state index contributed by atoms with van der Waals surface area (Å²) in [6.45, 7) is 3.73. The summed E-state index contributed by atoms with van der Waals surface area (Å²) in [6.07, 6.45) is 0.644. The van der Waals surface area contributed by atoms with E-state index in [2.05, 4.69) is 34.0 Å². The summed E-state index contributed by atoms with van der Waals surface area (Å²) in [6, 6.07) is 10.2. The average molecular weight is 231 g/mol. The van der Waals surface area contributed by atoms with Crippen LogP contribution in [0, 0.1) is 11.8 Å². The molecule has 1 N–H and O–H groups in total. The normalized spacial score (nSPS) is 9.24. The van der Waals surface area contributed by atoms with Gasteiger partial charge in [-0.15, -0.1) is 0 Å². The molecule has 3 nitrogen and oxygen atoms in total. The van der Waals surface area contributed by atoms with E-state index in [1.807, 2.05) is 18.2 Å². The van der Waals surface area contributed by atoms with E-state index >= 15 is 0 Å². The molecule has 17 heavy (non-hydrogen) atoms. The van der Waals surface area contributed by atoms with E-state index in [0.717, 1.165) is 13.1 Å². The third-order valence-corrected chi connectivity index (χ3v) is 2.06. The SMILES string of the molecule is CCOC(=O)C#CCCNCc1ccccc1. The minimum Gasteiger partial charge on any atom is -0.456 e. The lowest BCUT2D eigenvalue weighted by atomic mass is 10.2. The monoisotopic (exact) mass is 231 g/mol. The summed E-state index contributed by atoms with van der Waals surface area (Å²) < 4.78 is 4.68. The van der Waals surface area contributed by atoms with Gasteiger partial charge in [0.2, 0.25) is 0 Å². The number of hydrogen-bond acceptors (Lipinski definition) is 3. The number of nitrogens with one attached hydrogen (secondary N) is 1. The Kier molecular flexibility index (Phi) is 6.54. The first kappa shape index (κ1) is 13.3. The fourth-order valence-electron chi connectivity index (χ4n) is 1.28. The van der Waals surface area contributed by atoms with E-state index in [-0.39, 0.29) is 0 Å². The Labute approximate surface area is 102 Å². The van der Waals surface area contributed by atoms with E-state index in [4.69, 9.17) is 0 Å². The zero-order valence-electron chi connectivity index (χ0n) is 10.0. The molecule has 0 heterocycles. The zero-order valence-corrected chi connectivity index (χ0v) is 10.0. The molecule has 0 amide bonds. The fourth-order valence-corrected chi connectivity index (χ4v) is 1.28. The minimum atomic E-state index is -0.449. The average Bonchev–Trinajstić information content (AvgIpc) is 2.35. The Morgan fingerprint density at radius 1 is 1.35 bits per heavy atom. The van der Waals surface area contributed by atoms with Crippen molar-refractivity contribution in [3.05, 3.63) is 35.9 Å². The molecular weight excluding hydrogens is 214 g/mol. The van der Waals surface area contributed by atoms with Crippen LogP contribution in [0.4, 0.5) is 0 Å². The molecule has 0 saturated heterocycles. The maximum Gasteiger partial charge on any atom is 0.384 e. The number of carbonyl (C=O) groups excluding carboxylic acids is 1. The molecule has 1 aromatic rings. The van der Waals surface area contributed by atoms with Crippen LogP contribution in [0.1, 0.15) is 18.9 Å². The topological polar surface area (TPSA) is 38.3 Å². The largest absolute Gasteiger partial charge is 0.456 e. The highest BCUT2D eigenvalue weighted by molar-refractivity contribution is 5.88. The molecule has 1 aromatic carbocycles.